The minimum absolute atomic E-state index is 0.194. The molecule has 2 aliphatic rings. The summed E-state index contributed by atoms with van der Waals surface area (Å²) in [6.45, 7) is 3.49. The molecule has 2 bridgehead atoms. The number of hydrogen-bond acceptors (Lipinski definition) is 6. The molecule has 124 valence electrons. The highest BCUT2D eigenvalue weighted by Gasteiger charge is 2.40. The summed E-state index contributed by atoms with van der Waals surface area (Å²) in [7, 11) is 0. The lowest BCUT2D eigenvalue weighted by atomic mass is 10.0. The first kappa shape index (κ1) is 15.7. The zero-order valence-electron chi connectivity index (χ0n) is 12.9. The molecule has 1 aromatic carbocycles. The Morgan fingerprint density at radius 1 is 1.25 bits per heavy atom. The second kappa shape index (κ2) is 6.98. The summed E-state index contributed by atoms with van der Waals surface area (Å²) in [5.74, 6) is 7.44. The largest absolute Gasteiger partial charge is 0.468 e. The van der Waals surface area contributed by atoms with Crippen LogP contribution in [0.25, 0.3) is 0 Å². The van der Waals surface area contributed by atoms with Gasteiger partial charge in [-0.05, 0) is 25.1 Å². The van der Waals surface area contributed by atoms with Crippen LogP contribution in [0, 0.1) is 17.8 Å². The van der Waals surface area contributed by atoms with Crippen LogP contribution in [-0.4, -0.2) is 46.0 Å². The first-order valence-corrected chi connectivity index (χ1v) is 8.98. The van der Waals surface area contributed by atoms with Gasteiger partial charge >= 0.3 is 0 Å². The predicted octanol–water partition coefficient (Wildman–Crippen LogP) is 2.70. The maximum Gasteiger partial charge on any atom is 0.292 e. The van der Waals surface area contributed by atoms with Crippen LogP contribution in [0.1, 0.15) is 12.0 Å². The Hall–Kier alpha value is -1.81. The van der Waals surface area contributed by atoms with Crippen molar-refractivity contribution < 1.29 is 9.47 Å². The van der Waals surface area contributed by atoms with Crippen LogP contribution >= 0.6 is 23.3 Å². The van der Waals surface area contributed by atoms with Gasteiger partial charge in [0.05, 0.1) is 16.8 Å². The third-order valence-corrected chi connectivity index (χ3v) is 5.17. The van der Waals surface area contributed by atoms with Gasteiger partial charge in [-0.15, -0.1) is 8.75 Å². The highest BCUT2D eigenvalue weighted by atomic mass is 35.5. The van der Waals surface area contributed by atoms with Crippen molar-refractivity contribution in [2.24, 2.45) is 5.92 Å². The Morgan fingerprint density at radius 2 is 2.12 bits per heavy atom. The van der Waals surface area contributed by atoms with Gasteiger partial charge in [-0.3, -0.25) is 4.90 Å². The van der Waals surface area contributed by atoms with Gasteiger partial charge in [0.1, 0.15) is 6.10 Å². The van der Waals surface area contributed by atoms with Gasteiger partial charge in [-0.25, -0.2) is 0 Å². The number of rotatable bonds is 4. The zero-order valence-corrected chi connectivity index (χ0v) is 14.5. The third-order valence-electron chi connectivity index (χ3n) is 4.34. The van der Waals surface area contributed by atoms with Crippen molar-refractivity contribution >= 4 is 23.3 Å². The molecule has 4 rings (SSSR count). The lowest BCUT2D eigenvalue weighted by molar-refractivity contribution is 0.131. The first-order chi connectivity index (χ1) is 11.8. The van der Waals surface area contributed by atoms with Gasteiger partial charge in [-0.2, -0.15) is 0 Å². The van der Waals surface area contributed by atoms with Crippen molar-refractivity contribution in [1.82, 2.24) is 13.6 Å². The number of ether oxygens (including phenoxy) is 2. The number of benzene rings is 1. The molecule has 2 aromatic rings. The number of fused-ring (bicyclic) bond motifs is 2. The Balaban J connectivity index is 1.35. The topological polar surface area (TPSA) is 47.5 Å². The fourth-order valence-corrected chi connectivity index (χ4v) is 3.77. The quantitative estimate of drug-likeness (QED) is 0.784. The van der Waals surface area contributed by atoms with Crippen LogP contribution in [0.3, 0.4) is 0 Å². The maximum atomic E-state index is 6.07. The van der Waals surface area contributed by atoms with Crippen LogP contribution in [0.4, 0.5) is 0 Å². The summed E-state index contributed by atoms with van der Waals surface area (Å²) in [5, 5.41) is 0.635. The number of nitrogens with zero attached hydrogens (tertiary/aromatic N) is 3. The number of piperidine rings is 1. The molecule has 0 spiro atoms. The Labute approximate surface area is 149 Å². The average Bonchev–Trinajstić information content (AvgIpc) is 3.31. The molecule has 2 saturated heterocycles. The normalized spacial score (nSPS) is 24.5. The fraction of sp³-hybridized carbons (Fsp3) is 0.412. The van der Waals surface area contributed by atoms with E-state index in [0.717, 1.165) is 30.4 Å². The van der Waals surface area contributed by atoms with Crippen LogP contribution in [0.15, 0.2) is 24.3 Å². The summed E-state index contributed by atoms with van der Waals surface area (Å²) in [6.07, 6.45) is 1.39. The SMILES string of the molecule is Clc1ccccc1C#CCOc1nsnc1OC1CN2CCC1C2. The van der Waals surface area contributed by atoms with Crippen molar-refractivity contribution in [1.29, 1.82) is 0 Å². The molecule has 3 atom stereocenters. The molecule has 5 nitrogen and oxygen atoms in total. The van der Waals surface area contributed by atoms with E-state index in [1.165, 1.54) is 13.0 Å². The van der Waals surface area contributed by atoms with Gasteiger partial charge in [0.15, 0.2) is 6.61 Å². The molecule has 2 aliphatic heterocycles. The lowest BCUT2D eigenvalue weighted by Gasteiger charge is -2.22. The molecule has 1 aromatic heterocycles. The maximum absolute atomic E-state index is 6.07. The molecule has 24 heavy (non-hydrogen) atoms. The van der Waals surface area contributed by atoms with E-state index in [2.05, 4.69) is 25.5 Å². The summed E-state index contributed by atoms with van der Waals surface area (Å²) >= 11 is 7.16. The lowest BCUT2D eigenvalue weighted by Crippen LogP contribution is -2.32. The van der Waals surface area contributed by atoms with E-state index in [9.17, 15) is 0 Å². The van der Waals surface area contributed by atoms with Crippen LogP contribution in [-0.2, 0) is 0 Å². The molecule has 0 radical (unpaired) electrons. The summed E-state index contributed by atoms with van der Waals surface area (Å²) in [6, 6.07) is 7.46. The van der Waals surface area contributed by atoms with E-state index in [4.69, 9.17) is 21.1 Å². The van der Waals surface area contributed by atoms with Gasteiger partial charge in [0, 0.05) is 24.6 Å². The first-order valence-electron chi connectivity index (χ1n) is 7.87. The van der Waals surface area contributed by atoms with Crippen molar-refractivity contribution in [3.8, 4) is 23.6 Å². The molecule has 3 unspecified atom stereocenters. The smallest absolute Gasteiger partial charge is 0.292 e. The highest BCUT2D eigenvalue weighted by molar-refractivity contribution is 6.99. The van der Waals surface area contributed by atoms with Crippen LogP contribution in [0.2, 0.25) is 5.02 Å². The fourth-order valence-electron chi connectivity index (χ4n) is 3.14. The summed E-state index contributed by atoms with van der Waals surface area (Å²) < 4.78 is 20.0. The van der Waals surface area contributed by atoms with Gasteiger partial charge in [0.25, 0.3) is 11.8 Å². The number of aromatic nitrogens is 2. The van der Waals surface area contributed by atoms with E-state index in [1.54, 1.807) is 0 Å². The van der Waals surface area contributed by atoms with Crippen molar-refractivity contribution in [3.05, 3.63) is 34.9 Å². The van der Waals surface area contributed by atoms with E-state index in [-0.39, 0.29) is 12.7 Å². The molecule has 0 saturated carbocycles. The predicted molar refractivity (Wildman–Crippen MR) is 92.7 cm³/mol. The standard InChI is InChI=1S/C17H16ClN3O2S/c18-14-6-2-1-4-12(14)5-3-9-22-16-17(20-24-19-16)23-15-11-21-8-7-13(15)10-21/h1-2,4,6,13,15H,7-11H2. The number of halogens is 1. The second-order valence-corrected chi connectivity index (χ2v) is 6.85. The molecule has 0 aliphatic carbocycles. The minimum Gasteiger partial charge on any atom is -0.468 e. The molecule has 0 amide bonds. The van der Waals surface area contributed by atoms with Crippen LogP contribution < -0.4 is 9.47 Å². The third kappa shape index (κ3) is 3.34. The van der Waals surface area contributed by atoms with Crippen molar-refractivity contribution in [3.63, 3.8) is 0 Å². The highest BCUT2D eigenvalue weighted by Crippen LogP contribution is 2.33. The summed E-state index contributed by atoms with van der Waals surface area (Å²) in [5.41, 5.74) is 0.784. The molecule has 7 heteroatoms. The Morgan fingerprint density at radius 3 is 2.92 bits per heavy atom. The molecular formula is C17H16ClN3O2S. The minimum atomic E-state index is 0.194. The Kier molecular flexibility index (Phi) is 4.56. The van der Waals surface area contributed by atoms with Gasteiger partial charge in [-0.1, -0.05) is 35.6 Å². The molecule has 2 fully saturated rings. The monoisotopic (exact) mass is 361 g/mol. The van der Waals surface area contributed by atoms with Crippen LogP contribution in [0.5, 0.6) is 11.8 Å². The molecular weight excluding hydrogens is 346 g/mol. The van der Waals surface area contributed by atoms with E-state index >= 15 is 0 Å². The van der Waals surface area contributed by atoms with E-state index < -0.39 is 0 Å². The summed E-state index contributed by atoms with van der Waals surface area (Å²) in [4.78, 5) is 2.42. The number of hydrogen-bond donors (Lipinski definition) is 0. The molecule has 0 N–H and O–H groups in total. The van der Waals surface area contributed by atoms with E-state index in [0.29, 0.717) is 22.7 Å². The molecule has 3 heterocycles. The van der Waals surface area contributed by atoms with E-state index in [1.807, 2.05) is 24.3 Å². The Bertz CT molecular complexity index is 785. The zero-order chi connectivity index (χ0) is 16.4. The van der Waals surface area contributed by atoms with Gasteiger partial charge < -0.3 is 9.47 Å². The van der Waals surface area contributed by atoms with Gasteiger partial charge in [0.2, 0.25) is 0 Å². The van der Waals surface area contributed by atoms with Crippen molar-refractivity contribution in [2.75, 3.05) is 26.2 Å². The van der Waals surface area contributed by atoms with Crippen molar-refractivity contribution in [2.45, 2.75) is 12.5 Å². The average molecular weight is 362 g/mol. The second-order valence-electron chi connectivity index (χ2n) is 5.91.